The molecule has 0 atom stereocenters. The molecule has 0 bridgehead atoms. The molecule has 0 amide bonds. The molecule has 2 aromatic heterocycles. The molecule has 0 saturated carbocycles. The van der Waals surface area contributed by atoms with Crippen LogP contribution in [0.1, 0.15) is 5.01 Å². The van der Waals surface area contributed by atoms with E-state index >= 15 is 0 Å². The van der Waals surface area contributed by atoms with Gasteiger partial charge in [0.25, 0.3) is 0 Å². The van der Waals surface area contributed by atoms with Crippen molar-refractivity contribution < 1.29 is 4.74 Å². The number of nitrogens with zero attached hydrogens (tertiary/aromatic N) is 3. The average Bonchev–Trinajstić information content (AvgIpc) is 2.78. The van der Waals surface area contributed by atoms with Gasteiger partial charge in [-0.1, -0.05) is 0 Å². The van der Waals surface area contributed by atoms with Gasteiger partial charge in [-0.15, -0.1) is 12.4 Å². The largest absolute Gasteiger partial charge is 0.481 e. The van der Waals surface area contributed by atoms with Crippen LogP contribution in [-0.4, -0.2) is 28.0 Å². The van der Waals surface area contributed by atoms with Gasteiger partial charge in [-0.05, 0) is 24.1 Å². The van der Waals surface area contributed by atoms with E-state index in [9.17, 15) is 0 Å². The molecule has 17 heavy (non-hydrogen) atoms. The lowest BCUT2D eigenvalue weighted by Gasteiger charge is -1.99. The number of hydrogen-bond donors (Lipinski definition) is 1. The van der Waals surface area contributed by atoms with Gasteiger partial charge in [-0.25, -0.2) is 9.97 Å². The summed E-state index contributed by atoms with van der Waals surface area (Å²) >= 11 is 1.38. The summed E-state index contributed by atoms with van der Waals surface area (Å²) in [5.41, 5.74) is 6.37. The lowest BCUT2D eigenvalue weighted by atomic mass is 10.2. The maximum absolute atomic E-state index is 5.46. The molecule has 2 heterocycles. The Morgan fingerprint density at radius 2 is 2.29 bits per heavy atom. The highest BCUT2D eigenvalue weighted by molar-refractivity contribution is 7.05. The highest BCUT2D eigenvalue weighted by atomic mass is 35.5. The molecular weight excluding hydrogens is 260 g/mol. The Balaban J connectivity index is 0.00000144. The molecule has 5 nitrogen and oxygen atoms in total. The average molecular weight is 273 g/mol. The predicted octanol–water partition coefficient (Wildman–Crippen LogP) is 1.53. The van der Waals surface area contributed by atoms with Crippen LogP contribution >= 0.6 is 23.9 Å². The summed E-state index contributed by atoms with van der Waals surface area (Å²) in [6.45, 7) is 0.592. The number of pyridine rings is 1. The maximum Gasteiger partial charge on any atom is 0.213 e. The molecule has 0 saturated heterocycles. The minimum atomic E-state index is 0. The van der Waals surface area contributed by atoms with Crippen LogP contribution in [0.3, 0.4) is 0 Å². The second-order valence-corrected chi connectivity index (χ2v) is 3.97. The second-order valence-electron chi connectivity index (χ2n) is 3.14. The number of methoxy groups -OCH3 is 1. The van der Waals surface area contributed by atoms with Gasteiger partial charge in [0, 0.05) is 24.2 Å². The molecule has 0 spiro atoms. The van der Waals surface area contributed by atoms with Crippen LogP contribution in [0.2, 0.25) is 0 Å². The van der Waals surface area contributed by atoms with Crippen molar-refractivity contribution in [3.63, 3.8) is 0 Å². The minimum absolute atomic E-state index is 0. The van der Waals surface area contributed by atoms with Crippen molar-refractivity contribution in [3.05, 3.63) is 23.3 Å². The Hall–Kier alpha value is -1.24. The van der Waals surface area contributed by atoms with Crippen molar-refractivity contribution in [2.45, 2.75) is 6.42 Å². The molecule has 92 valence electrons. The maximum atomic E-state index is 5.46. The topological polar surface area (TPSA) is 73.9 Å². The summed E-state index contributed by atoms with van der Waals surface area (Å²) in [6.07, 6.45) is 2.44. The van der Waals surface area contributed by atoms with Crippen LogP contribution in [0, 0.1) is 0 Å². The molecule has 0 fully saturated rings. The fourth-order valence-electron chi connectivity index (χ4n) is 1.26. The van der Waals surface area contributed by atoms with Gasteiger partial charge >= 0.3 is 0 Å². The molecular formula is C10H13ClN4OS. The van der Waals surface area contributed by atoms with Crippen molar-refractivity contribution in [1.82, 2.24) is 14.3 Å². The van der Waals surface area contributed by atoms with Crippen LogP contribution in [0.4, 0.5) is 0 Å². The zero-order valence-corrected chi connectivity index (χ0v) is 10.9. The summed E-state index contributed by atoms with van der Waals surface area (Å²) in [4.78, 5) is 8.42. The summed E-state index contributed by atoms with van der Waals surface area (Å²) in [5.74, 6) is 1.27. The van der Waals surface area contributed by atoms with E-state index in [0.29, 0.717) is 18.2 Å². The fourth-order valence-corrected chi connectivity index (χ4v) is 1.93. The third-order valence-electron chi connectivity index (χ3n) is 2.03. The predicted molar refractivity (Wildman–Crippen MR) is 69.7 cm³/mol. The number of hydrogen-bond acceptors (Lipinski definition) is 6. The third kappa shape index (κ3) is 3.36. The van der Waals surface area contributed by atoms with E-state index in [1.807, 2.05) is 12.1 Å². The molecule has 2 aromatic rings. The molecule has 0 aliphatic heterocycles. The number of rotatable bonds is 4. The molecule has 0 unspecified atom stereocenters. The number of nitrogens with two attached hydrogens (primary N) is 1. The van der Waals surface area contributed by atoms with Crippen LogP contribution in [0.15, 0.2) is 18.3 Å². The lowest BCUT2D eigenvalue weighted by Crippen LogP contribution is -2.01. The quantitative estimate of drug-likeness (QED) is 0.914. The molecule has 7 heteroatoms. The molecule has 2 N–H and O–H groups in total. The molecule has 0 radical (unpaired) electrons. The Labute approximate surface area is 110 Å². The van der Waals surface area contributed by atoms with E-state index in [4.69, 9.17) is 10.5 Å². The van der Waals surface area contributed by atoms with Crippen LogP contribution < -0.4 is 10.5 Å². The molecule has 0 aliphatic carbocycles. The van der Waals surface area contributed by atoms with Crippen molar-refractivity contribution in [1.29, 1.82) is 0 Å². The van der Waals surface area contributed by atoms with Gasteiger partial charge in [0.1, 0.15) is 5.01 Å². The highest BCUT2D eigenvalue weighted by Crippen LogP contribution is 2.20. The van der Waals surface area contributed by atoms with Gasteiger partial charge in [0.2, 0.25) is 5.88 Å². The molecule has 0 aliphatic rings. The summed E-state index contributed by atoms with van der Waals surface area (Å²) in [7, 11) is 1.58. The van der Waals surface area contributed by atoms with Gasteiger partial charge in [0.05, 0.1) is 7.11 Å². The Bertz CT molecular complexity index is 477. The first kappa shape index (κ1) is 13.8. The van der Waals surface area contributed by atoms with E-state index in [0.717, 1.165) is 17.0 Å². The van der Waals surface area contributed by atoms with Crippen LogP contribution in [0.25, 0.3) is 11.4 Å². The van der Waals surface area contributed by atoms with Crippen molar-refractivity contribution in [2.24, 2.45) is 5.73 Å². The summed E-state index contributed by atoms with van der Waals surface area (Å²) in [5, 5.41) is 0.952. The highest BCUT2D eigenvalue weighted by Gasteiger charge is 2.07. The van der Waals surface area contributed by atoms with E-state index in [1.54, 1.807) is 13.3 Å². The third-order valence-corrected chi connectivity index (χ3v) is 2.80. The molecule has 0 aromatic carbocycles. The number of aromatic nitrogens is 3. The molecule has 2 rings (SSSR count). The zero-order valence-electron chi connectivity index (χ0n) is 9.29. The lowest BCUT2D eigenvalue weighted by molar-refractivity contribution is 0.398. The van der Waals surface area contributed by atoms with E-state index in [2.05, 4.69) is 14.3 Å². The smallest absolute Gasteiger partial charge is 0.213 e. The normalized spacial score (nSPS) is 9.76. The first-order valence-electron chi connectivity index (χ1n) is 4.86. The van der Waals surface area contributed by atoms with E-state index in [1.165, 1.54) is 11.5 Å². The Kier molecular flexibility index (Phi) is 5.27. The van der Waals surface area contributed by atoms with Gasteiger partial charge in [-0.3, -0.25) is 0 Å². The zero-order chi connectivity index (χ0) is 11.4. The first-order valence-corrected chi connectivity index (χ1v) is 5.64. The van der Waals surface area contributed by atoms with Gasteiger partial charge < -0.3 is 10.5 Å². The summed E-state index contributed by atoms with van der Waals surface area (Å²) < 4.78 is 9.32. The van der Waals surface area contributed by atoms with Gasteiger partial charge in [0.15, 0.2) is 5.82 Å². The first-order chi connectivity index (χ1) is 7.83. The van der Waals surface area contributed by atoms with Crippen molar-refractivity contribution in [2.75, 3.05) is 13.7 Å². The van der Waals surface area contributed by atoms with E-state index in [-0.39, 0.29) is 12.4 Å². The standard InChI is InChI=1S/C10H12N4OS.ClH/c1-15-8-6-7(3-5-12-8)10-13-9(2-4-11)16-14-10;/h3,5-6H,2,4,11H2,1H3;1H. The van der Waals surface area contributed by atoms with Crippen LogP contribution in [-0.2, 0) is 6.42 Å². The SMILES string of the molecule is COc1cc(-c2nsc(CCN)n2)ccn1.Cl. The fraction of sp³-hybridized carbons (Fsp3) is 0.300. The monoisotopic (exact) mass is 272 g/mol. The number of ether oxygens (including phenoxy) is 1. The minimum Gasteiger partial charge on any atom is -0.481 e. The Morgan fingerprint density at radius 1 is 1.47 bits per heavy atom. The van der Waals surface area contributed by atoms with Gasteiger partial charge in [-0.2, -0.15) is 4.37 Å². The van der Waals surface area contributed by atoms with E-state index < -0.39 is 0 Å². The van der Waals surface area contributed by atoms with Crippen LogP contribution in [0.5, 0.6) is 5.88 Å². The van der Waals surface area contributed by atoms with Crippen molar-refractivity contribution in [3.8, 4) is 17.3 Å². The Morgan fingerprint density at radius 3 is 3.00 bits per heavy atom. The summed E-state index contributed by atoms with van der Waals surface area (Å²) in [6, 6.07) is 3.67. The second kappa shape index (κ2) is 6.48. The number of halogens is 1. The van der Waals surface area contributed by atoms with Crippen molar-refractivity contribution >= 4 is 23.9 Å².